The van der Waals surface area contributed by atoms with Crippen molar-refractivity contribution in [2.75, 3.05) is 0 Å². The summed E-state index contributed by atoms with van der Waals surface area (Å²) in [7, 11) is -3.13. The van der Waals surface area contributed by atoms with E-state index in [0.29, 0.717) is 5.02 Å². The van der Waals surface area contributed by atoms with Gasteiger partial charge in [0.2, 0.25) is 0 Å². The molecule has 4 heteroatoms. The second-order valence-electron chi connectivity index (χ2n) is 6.39. The van der Waals surface area contributed by atoms with Crippen LogP contribution in [0.2, 0.25) is 5.02 Å². The fourth-order valence-corrected chi connectivity index (χ4v) is 7.12. The van der Waals surface area contributed by atoms with E-state index >= 15 is 0 Å². The molecule has 28 heavy (non-hydrogen) atoms. The smallest absolute Gasteiger partial charge is 0.171 e. The zero-order chi connectivity index (χ0) is 19.6. The molecule has 4 aromatic rings. The van der Waals surface area contributed by atoms with E-state index in [9.17, 15) is 4.57 Å². The van der Waals surface area contributed by atoms with Crippen LogP contribution in [0.5, 0.6) is 0 Å². The monoisotopic (exact) mass is 466 g/mol. The highest BCUT2D eigenvalue weighted by molar-refractivity contribution is 9.10. The van der Waals surface area contributed by atoms with E-state index in [1.54, 1.807) is 0 Å². The molecule has 0 saturated carbocycles. The predicted octanol–water partition coefficient (Wildman–Crippen LogP) is 6.41. The minimum atomic E-state index is -3.13. The number of rotatable bonds is 4. The van der Waals surface area contributed by atoms with E-state index in [1.807, 2.05) is 103 Å². The molecule has 0 amide bonds. The van der Waals surface area contributed by atoms with Crippen molar-refractivity contribution in [3.63, 3.8) is 0 Å². The molecule has 138 valence electrons. The molecule has 0 N–H and O–H groups in total. The molecule has 0 aliphatic rings. The third-order valence-corrected chi connectivity index (χ3v) is 8.82. The van der Waals surface area contributed by atoms with Crippen LogP contribution < -0.4 is 15.9 Å². The lowest BCUT2D eigenvalue weighted by atomic mass is 10.1. The molecule has 0 radical (unpaired) electrons. The van der Waals surface area contributed by atoms with Gasteiger partial charge in [-0.25, -0.2) is 0 Å². The first-order chi connectivity index (χ1) is 13.6. The molecule has 0 aliphatic heterocycles. The summed E-state index contributed by atoms with van der Waals surface area (Å²) in [6.45, 7) is 0. The number of hydrogen-bond acceptors (Lipinski definition) is 1. The Morgan fingerprint density at radius 3 is 1.75 bits per heavy atom. The summed E-state index contributed by atoms with van der Waals surface area (Å²) in [4.78, 5) is 0. The predicted molar refractivity (Wildman–Crippen MR) is 124 cm³/mol. The van der Waals surface area contributed by atoms with Crippen LogP contribution in [0.4, 0.5) is 0 Å². The molecule has 4 rings (SSSR count). The second kappa shape index (κ2) is 8.09. The van der Waals surface area contributed by atoms with E-state index in [4.69, 9.17) is 11.6 Å². The van der Waals surface area contributed by atoms with Gasteiger partial charge in [0.15, 0.2) is 7.14 Å². The lowest BCUT2D eigenvalue weighted by Gasteiger charge is -2.24. The summed E-state index contributed by atoms with van der Waals surface area (Å²) in [6.07, 6.45) is 0. The van der Waals surface area contributed by atoms with Gasteiger partial charge in [-0.05, 0) is 17.7 Å². The van der Waals surface area contributed by atoms with E-state index in [-0.39, 0.29) is 0 Å². The molecule has 0 atom stereocenters. The van der Waals surface area contributed by atoms with E-state index in [0.717, 1.165) is 31.5 Å². The fourth-order valence-electron chi connectivity index (χ4n) is 3.41. The van der Waals surface area contributed by atoms with Crippen LogP contribution in [0.25, 0.3) is 11.1 Å². The molecule has 1 nitrogen and oxygen atoms in total. The topological polar surface area (TPSA) is 17.1 Å². The number of halogens is 2. The van der Waals surface area contributed by atoms with Crippen LogP contribution in [0.15, 0.2) is 108 Å². The van der Waals surface area contributed by atoms with Crippen molar-refractivity contribution >= 4 is 50.6 Å². The average molecular weight is 468 g/mol. The Hall–Kier alpha value is -2.12. The molecular formula is C24H17BrClOP. The van der Waals surface area contributed by atoms with Gasteiger partial charge in [0.05, 0.1) is 0 Å². The zero-order valence-corrected chi connectivity index (χ0v) is 18.2. The van der Waals surface area contributed by atoms with E-state index in [2.05, 4.69) is 15.9 Å². The fraction of sp³-hybridized carbons (Fsp3) is 0. The minimum Gasteiger partial charge on any atom is -0.309 e. The first kappa shape index (κ1) is 19.2. The molecule has 0 bridgehead atoms. The minimum absolute atomic E-state index is 0.580. The quantitative estimate of drug-likeness (QED) is 0.317. The van der Waals surface area contributed by atoms with Crippen molar-refractivity contribution in [3.05, 3.63) is 113 Å². The molecule has 0 fully saturated rings. The number of benzene rings is 4. The van der Waals surface area contributed by atoms with Gasteiger partial charge < -0.3 is 4.57 Å². The van der Waals surface area contributed by atoms with Crippen molar-refractivity contribution in [2.24, 2.45) is 0 Å². The van der Waals surface area contributed by atoms with Crippen LogP contribution in [0.3, 0.4) is 0 Å². The SMILES string of the molecule is O=P(c1ccccc1)(c1ccccc1)c1cccc(Cl)c1-c1ccccc1Br. The van der Waals surface area contributed by atoms with Crippen molar-refractivity contribution in [2.45, 2.75) is 0 Å². The molecule has 4 aromatic carbocycles. The highest BCUT2D eigenvalue weighted by Gasteiger charge is 2.33. The van der Waals surface area contributed by atoms with E-state index < -0.39 is 7.14 Å². The first-order valence-electron chi connectivity index (χ1n) is 8.87. The Morgan fingerprint density at radius 2 is 1.18 bits per heavy atom. The Labute approximate surface area is 178 Å². The van der Waals surface area contributed by atoms with Gasteiger partial charge in [-0.2, -0.15) is 0 Å². The lowest BCUT2D eigenvalue weighted by Crippen LogP contribution is -2.26. The maximum Gasteiger partial charge on any atom is 0.171 e. The van der Waals surface area contributed by atoms with Gasteiger partial charge in [-0.15, -0.1) is 0 Å². The molecule has 0 heterocycles. The highest BCUT2D eigenvalue weighted by Crippen LogP contribution is 2.47. The van der Waals surface area contributed by atoms with Gasteiger partial charge in [0.1, 0.15) is 0 Å². The molecule has 0 saturated heterocycles. The molecule has 0 unspecified atom stereocenters. The molecular weight excluding hydrogens is 451 g/mol. The molecule has 0 spiro atoms. The van der Waals surface area contributed by atoms with Crippen LogP contribution in [-0.4, -0.2) is 0 Å². The van der Waals surface area contributed by atoms with E-state index in [1.165, 1.54) is 0 Å². The standard InChI is InChI=1S/C24H17BrClOP/c25-21-15-8-7-14-20(21)24-22(26)16-9-17-23(24)28(27,18-10-3-1-4-11-18)19-12-5-2-6-13-19/h1-17H. The number of hydrogen-bond donors (Lipinski definition) is 0. The summed E-state index contributed by atoms with van der Waals surface area (Å²) < 4.78 is 15.7. The second-order valence-corrected chi connectivity index (χ2v) is 10.4. The van der Waals surface area contributed by atoms with Crippen LogP contribution in [0.1, 0.15) is 0 Å². The maximum atomic E-state index is 14.8. The summed E-state index contributed by atoms with van der Waals surface area (Å²) >= 11 is 10.3. The van der Waals surface area contributed by atoms with Gasteiger partial charge >= 0.3 is 0 Å². The average Bonchev–Trinajstić information content (AvgIpc) is 2.75. The Bertz CT molecular complexity index is 1120. The molecule has 0 aromatic heterocycles. The van der Waals surface area contributed by atoms with Gasteiger partial charge in [0.25, 0.3) is 0 Å². The van der Waals surface area contributed by atoms with Crippen LogP contribution >= 0.6 is 34.7 Å². The van der Waals surface area contributed by atoms with Gasteiger partial charge in [-0.3, -0.25) is 0 Å². The Morgan fingerprint density at radius 1 is 0.643 bits per heavy atom. The van der Waals surface area contributed by atoms with Gasteiger partial charge in [0, 0.05) is 31.0 Å². The van der Waals surface area contributed by atoms with Crippen molar-refractivity contribution in [1.29, 1.82) is 0 Å². The van der Waals surface area contributed by atoms with Crippen molar-refractivity contribution in [3.8, 4) is 11.1 Å². The maximum absolute atomic E-state index is 14.8. The highest BCUT2D eigenvalue weighted by atomic mass is 79.9. The third-order valence-electron chi connectivity index (χ3n) is 4.71. The van der Waals surface area contributed by atoms with Crippen LogP contribution in [-0.2, 0) is 4.57 Å². The normalized spacial score (nSPS) is 11.4. The third kappa shape index (κ3) is 3.37. The van der Waals surface area contributed by atoms with Gasteiger partial charge in [-0.1, -0.05) is 119 Å². The largest absolute Gasteiger partial charge is 0.309 e. The molecule has 0 aliphatic carbocycles. The summed E-state index contributed by atoms with van der Waals surface area (Å²) in [5, 5.41) is 2.90. The van der Waals surface area contributed by atoms with Crippen LogP contribution in [0, 0.1) is 0 Å². The van der Waals surface area contributed by atoms with Crippen molar-refractivity contribution < 1.29 is 4.57 Å². The Balaban J connectivity index is 2.09. The lowest BCUT2D eigenvalue weighted by molar-refractivity contribution is 0.592. The summed E-state index contributed by atoms with van der Waals surface area (Å²) in [6, 6.07) is 32.8. The Kier molecular flexibility index (Phi) is 5.55. The zero-order valence-electron chi connectivity index (χ0n) is 14.9. The summed E-state index contributed by atoms with van der Waals surface area (Å²) in [5.41, 5.74) is 1.72. The summed E-state index contributed by atoms with van der Waals surface area (Å²) in [5.74, 6) is 0. The first-order valence-corrected chi connectivity index (χ1v) is 11.8. The van der Waals surface area contributed by atoms with Crippen molar-refractivity contribution in [1.82, 2.24) is 0 Å².